The first-order chi connectivity index (χ1) is 9.77. The molecular formula is C14H22N2O4S. The number of nitrogens with one attached hydrogen (secondary N) is 2. The molecule has 0 aliphatic rings. The molecule has 0 saturated heterocycles. The molecule has 1 rings (SSSR count). The fraction of sp³-hybridized carbons (Fsp3) is 0.500. The summed E-state index contributed by atoms with van der Waals surface area (Å²) in [6.07, 6.45) is 1.90. The monoisotopic (exact) mass is 314 g/mol. The molecule has 0 aliphatic carbocycles. The molecule has 0 fully saturated rings. The topological polar surface area (TPSA) is 95.5 Å². The Kier molecular flexibility index (Phi) is 6.17. The minimum Gasteiger partial charge on any atom is -0.478 e. The summed E-state index contributed by atoms with van der Waals surface area (Å²) < 4.78 is 26.6. The summed E-state index contributed by atoms with van der Waals surface area (Å²) in [5.41, 5.74) is 0.386. The van der Waals surface area contributed by atoms with Gasteiger partial charge in [0.05, 0.1) is 10.5 Å². The number of hydrogen-bond acceptors (Lipinski definition) is 4. The smallest absolute Gasteiger partial charge is 0.337 e. The van der Waals surface area contributed by atoms with E-state index in [1.165, 1.54) is 18.2 Å². The van der Waals surface area contributed by atoms with Gasteiger partial charge in [0.25, 0.3) is 0 Å². The average Bonchev–Trinajstić information content (AvgIpc) is 2.37. The van der Waals surface area contributed by atoms with Crippen LogP contribution in [0.5, 0.6) is 0 Å². The summed E-state index contributed by atoms with van der Waals surface area (Å²) in [6, 6.07) is 3.83. The Balaban J connectivity index is 3.11. The lowest BCUT2D eigenvalue weighted by Crippen LogP contribution is -2.30. The number of rotatable bonds is 8. The molecule has 0 heterocycles. The fourth-order valence-electron chi connectivity index (χ4n) is 1.80. The van der Waals surface area contributed by atoms with Crippen molar-refractivity contribution >= 4 is 21.7 Å². The number of hydrogen-bond donors (Lipinski definition) is 3. The van der Waals surface area contributed by atoms with E-state index >= 15 is 0 Å². The number of unbranched alkanes of at least 4 members (excludes halogenated alkanes) is 1. The molecule has 0 aliphatic heterocycles. The number of aromatic carboxylic acids is 1. The third kappa shape index (κ3) is 5.02. The van der Waals surface area contributed by atoms with Crippen molar-refractivity contribution in [3.63, 3.8) is 0 Å². The second-order valence-electron chi connectivity index (χ2n) is 5.07. The lowest BCUT2D eigenvalue weighted by atomic mass is 10.1. The molecule has 6 nitrogen and oxygen atoms in total. The van der Waals surface area contributed by atoms with Gasteiger partial charge in [-0.15, -0.1) is 0 Å². The average molecular weight is 314 g/mol. The third-order valence-electron chi connectivity index (χ3n) is 2.77. The van der Waals surface area contributed by atoms with Crippen molar-refractivity contribution in [1.29, 1.82) is 0 Å². The Bertz CT molecular complexity index is 597. The predicted octanol–water partition coefficient (Wildman–Crippen LogP) is 2.28. The van der Waals surface area contributed by atoms with Crippen molar-refractivity contribution in [2.24, 2.45) is 0 Å². The molecule has 7 heteroatoms. The van der Waals surface area contributed by atoms with E-state index in [9.17, 15) is 18.3 Å². The SMILES string of the molecule is CCCCNc1ccc(S(=O)(=O)NC(C)C)cc1C(=O)O. The molecule has 118 valence electrons. The number of benzene rings is 1. The van der Waals surface area contributed by atoms with Crippen LogP contribution < -0.4 is 10.0 Å². The highest BCUT2D eigenvalue weighted by Gasteiger charge is 2.19. The summed E-state index contributed by atoms with van der Waals surface area (Å²) in [7, 11) is -3.70. The lowest BCUT2D eigenvalue weighted by Gasteiger charge is -2.13. The standard InChI is InChI=1S/C14H22N2O4S/c1-4-5-8-15-13-7-6-11(9-12(13)14(17)18)21(19,20)16-10(2)3/h6-7,9-10,15-16H,4-5,8H2,1-3H3,(H,17,18). The predicted molar refractivity (Wildman–Crippen MR) is 82.3 cm³/mol. The number of sulfonamides is 1. The molecule has 0 bridgehead atoms. The van der Waals surface area contributed by atoms with E-state index < -0.39 is 16.0 Å². The van der Waals surface area contributed by atoms with Crippen LogP contribution in [0, 0.1) is 0 Å². The Labute approximate surface area is 125 Å². The first-order valence-electron chi connectivity index (χ1n) is 6.91. The Hall–Kier alpha value is -1.60. The van der Waals surface area contributed by atoms with Crippen LogP contribution in [0.25, 0.3) is 0 Å². The molecule has 0 atom stereocenters. The van der Waals surface area contributed by atoms with Crippen LogP contribution in [0.4, 0.5) is 5.69 Å². The van der Waals surface area contributed by atoms with E-state index in [4.69, 9.17) is 0 Å². The highest BCUT2D eigenvalue weighted by atomic mass is 32.2. The maximum Gasteiger partial charge on any atom is 0.337 e. The van der Waals surface area contributed by atoms with Crippen LogP contribution in [0.2, 0.25) is 0 Å². The van der Waals surface area contributed by atoms with Crippen molar-refractivity contribution in [3.8, 4) is 0 Å². The Morgan fingerprint density at radius 2 is 2.00 bits per heavy atom. The molecule has 1 aromatic rings. The highest BCUT2D eigenvalue weighted by molar-refractivity contribution is 7.89. The van der Waals surface area contributed by atoms with E-state index in [-0.39, 0.29) is 16.5 Å². The molecular weight excluding hydrogens is 292 g/mol. The molecule has 21 heavy (non-hydrogen) atoms. The van der Waals surface area contributed by atoms with Gasteiger partial charge in [-0.25, -0.2) is 17.9 Å². The van der Waals surface area contributed by atoms with E-state index in [0.717, 1.165) is 12.8 Å². The van der Waals surface area contributed by atoms with Gasteiger partial charge in [-0.1, -0.05) is 13.3 Å². The quantitative estimate of drug-likeness (QED) is 0.640. The van der Waals surface area contributed by atoms with E-state index in [1.54, 1.807) is 13.8 Å². The molecule has 0 amide bonds. The molecule has 0 saturated carbocycles. The lowest BCUT2D eigenvalue weighted by molar-refractivity contribution is 0.0697. The maximum absolute atomic E-state index is 12.1. The zero-order valence-corrected chi connectivity index (χ0v) is 13.3. The highest BCUT2D eigenvalue weighted by Crippen LogP contribution is 2.21. The molecule has 0 aromatic heterocycles. The van der Waals surface area contributed by atoms with Crippen molar-refractivity contribution in [1.82, 2.24) is 4.72 Å². The zero-order chi connectivity index (χ0) is 16.0. The van der Waals surface area contributed by atoms with Gasteiger partial charge in [0.15, 0.2) is 0 Å². The summed E-state index contributed by atoms with van der Waals surface area (Å²) in [5, 5.41) is 12.3. The summed E-state index contributed by atoms with van der Waals surface area (Å²) >= 11 is 0. The molecule has 0 radical (unpaired) electrons. The van der Waals surface area contributed by atoms with Gasteiger partial charge < -0.3 is 10.4 Å². The zero-order valence-electron chi connectivity index (χ0n) is 12.5. The van der Waals surface area contributed by atoms with Crippen LogP contribution in [-0.2, 0) is 10.0 Å². The van der Waals surface area contributed by atoms with Gasteiger partial charge in [-0.3, -0.25) is 0 Å². The molecule has 1 aromatic carbocycles. The second-order valence-corrected chi connectivity index (χ2v) is 6.78. The summed E-state index contributed by atoms with van der Waals surface area (Å²) in [6.45, 7) is 6.09. The number of carboxylic acid groups (broad SMARTS) is 1. The van der Waals surface area contributed by atoms with Crippen molar-refractivity contribution in [2.45, 2.75) is 44.6 Å². The van der Waals surface area contributed by atoms with Crippen LogP contribution >= 0.6 is 0 Å². The van der Waals surface area contributed by atoms with Crippen molar-refractivity contribution in [2.75, 3.05) is 11.9 Å². The van der Waals surface area contributed by atoms with Crippen LogP contribution in [-0.4, -0.2) is 32.1 Å². The van der Waals surface area contributed by atoms with Crippen LogP contribution in [0.15, 0.2) is 23.1 Å². The summed E-state index contributed by atoms with van der Waals surface area (Å²) in [4.78, 5) is 11.3. The van der Waals surface area contributed by atoms with Gasteiger partial charge in [-0.2, -0.15) is 0 Å². The van der Waals surface area contributed by atoms with Crippen molar-refractivity contribution in [3.05, 3.63) is 23.8 Å². The molecule has 3 N–H and O–H groups in total. The first-order valence-corrected chi connectivity index (χ1v) is 8.39. The van der Waals surface area contributed by atoms with E-state index in [2.05, 4.69) is 10.0 Å². The largest absolute Gasteiger partial charge is 0.478 e. The first kappa shape index (κ1) is 17.5. The second kappa shape index (κ2) is 7.42. The Morgan fingerprint density at radius 1 is 1.33 bits per heavy atom. The van der Waals surface area contributed by atoms with E-state index in [1.807, 2.05) is 6.92 Å². The van der Waals surface area contributed by atoms with Gasteiger partial charge >= 0.3 is 5.97 Å². The van der Waals surface area contributed by atoms with Gasteiger partial charge in [0.2, 0.25) is 10.0 Å². The van der Waals surface area contributed by atoms with Crippen molar-refractivity contribution < 1.29 is 18.3 Å². The van der Waals surface area contributed by atoms with Crippen LogP contribution in [0.3, 0.4) is 0 Å². The number of carboxylic acids is 1. The third-order valence-corrected chi connectivity index (χ3v) is 4.42. The fourth-order valence-corrected chi connectivity index (χ4v) is 3.08. The molecule has 0 spiro atoms. The molecule has 0 unspecified atom stereocenters. The van der Waals surface area contributed by atoms with E-state index in [0.29, 0.717) is 12.2 Å². The van der Waals surface area contributed by atoms with Crippen LogP contribution in [0.1, 0.15) is 44.0 Å². The minimum atomic E-state index is -3.70. The van der Waals surface area contributed by atoms with Gasteiger partial charge in [-0.05, 0) is 38.5 Å². The van der Waals surface area contributed by atoms with Gasteiger partial charge in [0.1, 0.15) is 0 Å². The maximum atomic E-state index is 12.1. The normalized spacial score (nSPS) is 11.6. The number of anilines is 1. The number of carbonyl (C=O) groups is 1. The Morgan fingerprint density at radius 3 is 2.52 bits per heavy atom. The van der Waals surface area contributed by atoms with Gasteiger partial charge in [0, 0.05) is 18.3 Å². The minimum absolute atomic E-state index is 0.0438. The summed E-state index contributed by atoms with van der Waals surface area (Å²) in [5.74, 6) is -1.16.